The van der Waals surface area contributed by atoms with E-state index in [1.807, 2.05) is 30.3 Å². The number of hydrogen-bond donors (Lipinski definition) is 0. The quantitative estimate of drug-likeness (QED) is 0.298. The minimum atomic E-state index is 0.754. The second-order valence-corrected chi connectivity index (χ2v) is 7.93. The van der Waals surface area contributed by atoms with E-state index in [-0.39, 0.29) is 0 Å². The standard InChI is InChI=1S/C28H24ClN/c1-21-18-22(2)20-28(19-21)30(26-6-4-3-5-7-26)27-16-12-24(13-17-27)9-8-23-10-14-25(29)15-11-23/h3-20H,1-2H3/b9-8-. The fourth-order valence-electron chi connectivity index (χ4n) is 3.60. The fourth-order valence-corrected chi connectivity index (χ4v) is 3.73. The summed E-state index contributed by atoms with van der Waals surface area (Å²) in [6.45, 7) is 4.29. The van der Waals surface area contributed by atoms with Crippen molar-refractivity contribution in [1.82, 2.24) is 0 Å². The van der Waals surface area contributed by atoms with Crippen LogP contribution in [-0.4, -0.2) is 0 Å². The summed E-state index contributed by atoms with van der Waals surface area (Å²) in [6, 6.07) is 33.7. The molecule has 0 saturated heterocycles. The van der Waals surface area contributed by atoms with Gasteiger partial charge in [-0.1, -0.05) is 72.3 Å². The van der Waals surface area contributed by atoms with E-state index in [1.54, 1.807) is 0 Å². The number of anilines is 3. The van der Waals surface area contributed by atoms with E-state index in [1.165, 1.54) is 16.8 Å². The lowest BCUT2D eigenvalue weighted by Crippen LogP contribution is -2.10. The highest BCUT2D eigenvalue weighted by Gasteiger charge is 2.12. The Bertz CT molecular complexity index is 1120. The number of aryl methyl sites for hydroxylation is 2. The first-order chi connectivity index (χ1) is 14.6. The van der Waals surface area contributed by atoms with Crippen LogP contribution >= 0.6 is 11.6 Å². The molecule has 2 heteroatoms. The van der Waals surface area contributed by atoms with Gasteiger partial charge in [0.1, 0.15) is 0 Å². The molecule has 0 aliphatic rings. The maximum atomic E-state index is 5.97. The van der Waals surface area contributed by atoms with Gasteiger partial charge in [-0.15, -0.1) is 0 Å². The maximum absolute atomic E-state index is 5.97. The van der Waals surface area contributed by atoms with Crippen molar-refractivity contribution in [1.29, 1.82) is 0 Å². The highest BCUT2D eigenvalue weighted by atomic mass is 35.5. The van der Waals surface area contributed by atoms with Gasteiger partial charge < -0.3 is 4.90 Å². The average molecular weight is 410 g/mol. The zero-order valence-electron chi connectivity index (χ0n) is 17.2. The van der Waals surface area contributed by atoms with Crippen LogP contribution in [-0.2, 0) is 0 Å². The summed E-state index contributed by atoms with van der Waals surface area (Å²) < 4.78 is 0. The van der Waals surface area contributed by atoms with Crippen LogP contribution in [0.5, 0.6) is 0 Å². The van der Waals surface area contributed by atoms with E-state index in [9.17, 15) is 0 Å². The Balaban J connectivity index is 1.67. The summed E-state index contributed by atoms with van der Waals surface area (Å²) in [7, 11) is 0. The van der Waals surface area contributed by atoms with Crippen molar-refractivity contribution >= 4 is 40.8 Å². The third kappa shape index (κ3) is 4.82. The molecule has 148 valence electrons. The second kappa shape index (κ2) is 9.02. The van der Waals surface area contributed by atoms with Gasteiger partial charge in [0.25, 0.3) is 0 Å². The van der Waals surface area contributed by atoms with Crippen LogP contribution in [0, 0.1) is 13.8 Å². The third-order valence-electron chi connectivity index (χ3n) is 4.97. The smallest absolute Gasteiger partial charge is 0.0466 e. The second-order valence-electron chi connectivity index (χ2n) is 7.49. The van der Waals surface area contributed by atoms with Crippen molar-refractivity contribution in [3.8, 4) is 0 Å². The molecule has 0 radical (unpaired) electrons. The van der Waals surface area contributed by atoms with Crippen molar-refractivity contribution in [3.05, 3.63) is 124 Å². The first kappa shape index (κ1) is 20.0. The van der Waals surface area contributed by atoms with Gasteiger partial charge in [0.2, 0.25) is 0 Å². The molecule has 0 bridgehead atoms. The Morgan fingerprint density at radius 3 is 1.63 bits per heavy atom. The fraction of sp³-hybridized carbons (Fsp3) is 0.0714. The van der Waals surface area contributed by atoms with Crippen LogP contribution in [0.4, 0.5) is 17.1 Å². The van der Waals surface area contributed by atoms with E-state index >= 15 is 0 Å². The van der Waals surface area contributed by atoms with Gasteiger partial charge in [-0.2, -0.15) is 0 Å². The van der Waals surface area contributed by atoms with E-state index in [2.05, 4.69) is 97.6 Å². The first-order valence-corrected chi connectivity index (χ1v) is 10.4. The zero-order valence-corrected chi connectivity index (χ0v) is 18.0. The average Bonchev–Trinajstić information content (AvgIpc) is 2.75. The predicted molar refractivity (Wildman–Crippen MR) is 131 cm³/mol. The predicted octanol–water partition coefficient (Wildman–Crippen LogP) is 8.60. The van der Waals surface area contributed by atoms with Crippen LogP contribution < -0.4 is 4.90 Å². The Morgan fingerprint density at radius 2 is 1.07 bits per heavy atom. The summed E-state index contributed by atoms with van der Waals surface area (Å²) >= 11 is 5.97. The van der Waals surface area contributed by atoms with Gasteiger partial charge in [0.05, 0.1) is 0 Å². The van der Waals surface area contributed by atoms with Gasteiger partial charge in [-0.05, 0) is 84.6 Å². The minimum Gasteiger partial charge on any atom is -0.310 e. The molecule has 0 spiro atoms. The molecule has 0 unspecified atom stereocenters. The lowest BCUT2D eigenvalue weighted by atomic mass is 10.1. The van der Waals surface area contributed by atoms with Crippen molar-refractivity contribution in [2.24, 2.45) is 0 Å². The number of rotatable bonds is 5. The molecular weight excluding hydrogens is 386 g/mol. The van der Waals surface area contributed by atoms with Crippen LogP contribution in [0.1, 0.15) is 22.3 Å². The molecule has 0 aromatic heterocycles. The highest BCUT2D eigenvalue weighted by Crippen LogP contribution is 2.35. The number of hydrogen-bond acceptors (Lipinski definition) is 1. The number of para-hydroxylation sites is 1. The molecule has 0 saturated carbocycles. The Labute approximate surface area is 183 Å². The number of nitrogens with zero attached hydrogens (tertiary/aromatic N) is 1. The molecule has 0 fully saturated rings. The van der Waals surface area contributed by atoms with Crippen LogP contribution in [0.15, 0.2) is 97.1 Å². The summed E-state index contributed by atoms with van der Waals surface area (Å²) in [4.78, 5) is 2.30. The third-order valence-corrected chi connectivity index (χ3v) is 5.22. The van der Waals surface area contributed by atoms with Gasteiger partial charge in [0, 0.05) is 22.1 Å². The van der Waals surface area contributed by atoms with E-state index in [0.29, 0.717) is 0 Å². The molecule has 0 amide bonds. The van der Waals surface area contributed by atoms with Crippen LogP contribution in [0.3, 0.4) is 0 Å². The monoisotopic (exact) mass is 409 g/mol. The first-order valence-electron chi connectivity index (χ1n) is 10.1. The highest BCUT2D eigenvalue weighted by molar-refractivity contribution is 6.30. The molecule has 1 nitrogen and oxygen atoms in total. The van der Waals surface area contributed by atoms with Gasteiger partial charge in [0.15, 0.2) is 0 Å². The van der Waals surface area contributed by atoms with Crippen molar-refractivity contribution in [2.75, 3.05) is 4.90 Å². The largest absolute Gasteiger partial charge is 0.310 e. The molecule has 0 heterocycles. The van der Waals surface area contributed by atoms with E-state index < -0.39 is 0 Å². The normalized spacial score (nSPS) is 11.0. The molecule has 0 atom stereocenters. The van der Waals surface area contributed by atoms with Crippen molar-refractivity contribution in [2.45, 2.75) is 13.8 Å². The Morgan fingerprint density at radius 1 is 0.567 bits per heavy atom. The lowest BCUT2D eigenvalue weighted by molar-refractivity contribution is 1.25. The molecule has 0 aliphatic heterocycles. The zero-order chi connectivity index (χ0) is 20.9. The van der Waals surface area contributed by atoms with E-state index in [0.717, 1.165) is 27.5 Å². The Hall–Kier alpha value is -3.29. The Kier molecular flexibility index (Phi) is 6.02. The minimum absolute atomic E-state index is 0.754. The maximum Gasteiger partial charge on any atom is 0.0466 e. The molecule has 30 heavy (non-hydrogen) atoms. The molecule has 4 rings (SSSR count). The molecule has 4 aromatic carbocycles. The van der Waals surface area contributed by atoms with Crippen LogP contribution in [0.2, 0.25) is 5.02 Å². The van der Waals surface area contributed by atoms with E-state index in [4.69, 9.17) is 11.6 Å². The SMILES string of the molecule is Cc1cc(C)cc(N(c2ccccc2)c2ccc(/C=C\c3ccc(Cl)cc3)cc2)c1. The number of benzene rings is 4. The molecule has 0 N–H and O–H groups in total. The van der Waals surface area contributed by atoms with Crippen molar-refractivity contribution < 1.29 is 0 Å². The lowest BCUT2D eigenvalue weighted by Gasteiger charge is -2.26. The summed E-state index contributed by atoms with van der Waals surface area (Å²) in [5, 5.41) is 0.754. The molecular formula is C28H24ClN. The van der Waals surface area contributed by atoms with Crippen LogP contribution in [0.25, 0.3) is 12.2 Å². The van der Waals surface area contributed by atoms with Gasteiger partial charge in [-0.3, -0.25) is 0 Å². The molecule has 0 aliphatic carbocycles. The molecule has 4 aromatic rings. The summed E-state index contributed by atoms with van der Waals surface area (Å²) in [5.74, 6) is 0. The summed E-state index contributed by atoms with van der Waals surface area (Å²) in [6.07, 6.45) is 4.22. The number of halogens is 1. The topological polar surface area (TPSA) is 3.24 Å². The summed E-state index contributed by atoms with van der Waals surface area (Å²) in [5.41, 5.74) is 8.25. The van der Waals surface area contributed by atoms with Gasteiger partial charge >= 0.3 is 0 Å². The van der Waals surface area contributed by atoms with Gasteiger partial charge in [-0.25, -0.2) is 0 Å². The van der Waals surface area contributed by atoms with Crippen molar-refractivity contribution in [3.63, 3.8) is 0 Å².